The first kappa shape index (κ1) is 17.2. The quantitative estimate of drug-likeness (QED) is 0.757. The molecule has 2 rings (SSSR count). The molecule has 1 aromatic heterocycles. The Kier molecular flexibility index (Phi) is 5.23. The van der Waals surface area contributed by atoms with Crippen LogP contribution in [0.25, 0.3) is 0 Å². The Balaban J connectivity index is 2.36. The van der Waals surface area contributed by atoms with Crippen molar-refractivity contribution in [2.24, 2.45) is 0 Å². The minimum Gasteiger partial charge on any atom is -0.472 e. The normalized spacial score (nSPS) is 11.7. The number of ether oxygens (including phenoxy) is 1. The number of hydrogen-bond acceptors (Lipinski definition) is 5. The van der Waals surface area contributed by atoms with Gasteiger partial charge in [0, 0.05) is 18.7 Å². The van der Waals surface area contributed by atoms with Gasteiger partial charge in [0.05, 0.1) is 30.1 Å². The minimum atomic E-state index is -3.67. The molecular formula is C16H19NO5S. The van der Waals surface area contributed by atoms with Crippen LogP contribution in [0.1, 0.15) is 28.4 Å². The van der Waals surface area contributed by atoms with E-state index in [1.807, 2.05) is 0 Å². The Labute approximate surface area is 135 Å². The van der Waals surface area contributed by atoms with Crippen molar-refractivity contribution < 1.29 is 22.4 Å². The number of rotatable bonds is 6. The minimum absolute atomic E-state index is 0.176. The monoisotopic (exact) mass is 337 g/mol. The Hall–Kier alpha value is -2.12. The first-order valence-corrected chi connectivity index (χ1v) is 8.54. The summed E-state index contributed by atoms with van der Waals surface area (Å²) >= 11 is 0. The highest BCUT2D eigenvalue weighted by atomic mass is 32.2. The molecular weight excluding hydrogens is 318 g/mol. The summed E-state index contributed by atoms with van der Waals surface area (Å²) in [6.07, 6.45) is 3.03. The smallest absolute Gasteiger partial charge is 0.337 e. The maximum atomic E-state index is 12.8. The van der Waals surface area contributed by atoms with Crippen molar-refractivity contribution in [3.8, 4) is 0 Å². The predicted octanol–water partition coefficient (Wildman–Crippen LogP) is 2.59. The largest absolute Gasteiger partial charge is 0.472 e. The van der Waals surface area contributed by atoms with Crippen molar-refractivity contribution >= 4 is 16.0 Å². The van der Waals surface area contributed by atoms with Gasteiger partial charge in [-0.3, -0.25) is 0 Å². The zero-order chi connectivity index (χ0) is 17.0. The molecule has 124 valence electrons. The fraction of sp³-hybridized carbons (Fsp3) is 0.312. The number of methoxy groups -OCH3 is 1. The second-order valence-electron chi connectivity index (χ2n) is 5.03. The van der Waals surface area contributed by atoms with E-state index in [1.54, 1.807) is 19.9 Å². The van der Waals surface area contributed by atoms with Gasteiger partial charge >= 0.3 is 5.97 Å². The Morgan fingerprint density at radius 2 is 2.04 bits per heavy atom. The van der Waals surface area contributed by atoms with Crippen LogP contribution in [0.2, 0.25) is 0 Å². The van der Waals surface area contributed by atoms with Crippen molar-refractivity contribution in [2.45, 2.75) is 25.3 Å². The maximum absolute atomic E-state index is 12.8. The third-order valence-electron chi connectivity index (χ3n) is 3.51. The van der Waals surface area contributed by atoms with Crippen molar-refractivity contribution in [3.63, 3.8) is 0 Å². The van der Waals surface area contributed by atoms with Crippen LogP contribution in [0.3, 0.4) is 0 Å². The zero-order valence-corrected chi connectivity index (χ0v) is 14.1. The second-order valence-corrected chi connectivity index (χ2v) is 6.94. The number of benzene rings is 1. The fourth-order valence-electron chi connectivity index (χ4n) is 2.28. The van der Waals surface area contributed by atoms with Crippen LogP contribution in [0.15, 0.2) is 46.1 Å². The standard InChI is InChI=1S/C16H19NO5S/c1-4-17(10-13-7-8-22-11-13)23(19,20)15-6-5-14(9-12(15)2)16(18)21-3/h5-9,11H,4,10H2,1-3H3. The van der Waals surface area contributed by atoms with Crippen LogP contribution < -0.4 is 0 Å². The molecule has 0 saturated carbocycles. The van der Waals surface area contributed by atoms with Crippen molar-refractivity contribution in [2.75, 3.05) is 13.7 Å². The molecule has 0 spiro atoms. The molecule has 0 fully saturated rings. The van der Waals surface area contributed by atoms with Crippen LogP contribution >= 0.6 is 0 Å². The van der Waals surface area contributed by atoms with Crippen LogP contribution in [0.5, 0.6) is 0 Å². The molecule has 0 radical (unpaired) electrons. The molecule has 1 heterocycles. The van der Waals surface area contributed by atoms with Crippen LogP contribution in [-0.4, -0.2) is 32.3 Å². The van der Waals surface area contributed by atoms with Gasteiger partial charge in [0.25, 0.3) is 0 Å². The summed E-state index contributed by atoms with van der Waals surface area (Å²) in [7, 11) is -2.38. The molecule has 0 bridgehead atoms. The molecule has 0 atom stereocenters. The Morgan fingerprint density at radius 3 is 2.57 bits per heavy atom. The zero-order valence-electron chi connectivity index (χ0n) is 13.3. The number of carbonyl (C=O) groups excluding carboxylic acids is 1. The maximum Gasteiger partial charge on any atom is 0.337 e. The summed E-state index contributed by atoms with van der Waals surface area (Å²) < 4.78 is 36.7. The van der Waals surface area contributed by atoms with Crippen LogP contribution in [0.4, 0.5) is 0 Å². The molecule has 1 aromatic carbocycles. The van der Waals surface area contributed by atoms with Crippen molar-refractivity contribution in [3.05, 3.63) is 53.5 Å². The van der Waals surface area contributed by atoms with E-state index in [0.29, 0.717) is 17.7 Å². The molecule has 7 heteroatoms. The lowest BCUT2D eigenvalue weighted by molar-refractivity contribution is 0.0600. The van der Waals surface area contributed by atoms with Crippen LogP contribution in [0, 0.1) is 6.92 Å². The van der Waals surface area contributed by atoms with E-state index >= 15 is 0 Å². The van der Waals surface area contributed by atoms with Gasteiger partial charge in [0.15, 0.2) is 0 Å². The van der Waals surface area contributed by atoms with E-state index in [9.17, 15) is 13.2 Å². The summed E-state index contributed by atoms with van der Waals surface area (Å²) in [6.45, 7) is 3.99. The molecule has 23 heavy (non-hydrogen) atoms. The predicted molar refractivity (Wildman–Crippen MR) is 84.5 cm³/mol. The molecule has 6 nitrogen and oxygen atoms in total. The number of carbonyl (C=O) groups is 1. The number of esters is 1. The van der Waals surface area contributed by atoms with E-state index in [4.69, 9.17) is 4.42 Å². The van der Waals surface area contributed by atoms with Gasteiger partial charge in [-0.1, -0.05) is 6.92 Å². The van der Waals surface area contributed by atoms with E-state index in [0.717, 1.165) is 5.56 Å². The van der Waals surface area contributed by atoms with E-state index in [-0.39, 0.29) is 11.4 Å². The lowest BCUT2D eigenvalue weighted by Gasteiger charge is -2.21. The highest BCUT2D eigenvalue weighted by molar-refractivity contribution is 7.89. The molecule has 0 aliphatic heterocycles. The van der Waals surface area contributed by atoms with Crippen molar-refractivity contribution in [1.82, 2.24) is 4.31 Å². The van der Waals surface area contributed by atoms with Gasteiger partial charge in [-0.25, -0.2) is 13.2 Å². The topological polar surface area (TPSA) is 76.8 Å². The molecule has 0 N–H and O–H groups in total. The molecule has 0 amide bonds. The van der Waals surface area contributed by atoms with Gasteiger partial charge in [-0.15, -0.1) is 0 Å². The number of hydrogen-bond donors (Lipinski definition) is 0. The van der Waals surface area contributed by atoms with Gasteiger partial charge < -0.3 is 9.15 Å². The van der Waals surface area contributed by atoms with Crippen molar-refractivity contribution in [1.29, 1.82) is 0 Å². The summed E-state index contributed by atoms with van der Waals surface area (Å²) in [4.78, 5) is 11.7. The number of furan rings is 1. The Morgan fingerprint density at radius 1 is 1.30 bits per heavy atom. The van der Waals surface area contributed by atoms with E-state index in [1.165, 1.54) is 42.1 Å². The second kappa shape index (κ2) is 6.97. The molecule has 2 aromatic rings. The molecule has 0 unspecified atom stereocenters. The lowest BCUT2D eigenvalue weighted by atomic mass is 10.1. The molecule has 0 saturated heterocycles. The molecule has 0 aliphatic carbocycles. The van der Waals surface area contributed by atoms with E-state index < -0.39 is 16.0 Å². The summed E-state index contributed by atoms with van der Waals surface area (Å²) in [5, 5.41) is 0. The third kappa shape index (κ3) is 3.62. The molecule has 0 aliphatic rings. The third-order valence-corrected chi connectivity index (χ3v) is 5.59. The van der Waals surface area contributed by atoms with Gasteiger partial charge in [0.2, 0.25) is 10.0 Å². The number of aryl methyl sites for hydroxylation is 1. The Bertz CT molecular complexity index is 781. The highest BCUT2D eigenvalue weighted by Crippen LogP contribution is 2.23. The van der Waals surface area contributed by atoms with Gasteiger partial charge in [-0.05, 0) is 36.8 Å². The SMILES string of the molecule is CCN(Cc1ccoc1)S(=O)(=O)c1ccc(C(=O)OC)cc1C. The average Bonchev–Trinajstić information content (AvgIpc) is 3.04. The van der Waals surface area contributed by atoms with Gasteiger partial charge in [-0.2, -0.15) is 4.31 Å². The fourth-order valence-corrected chi connectivity index (χ4v) is 3.92. The van der Waals surface area contributed by atoms with Crippen LogP contribution in [-0.2, 0) is 21.3 Å². The summed E-state index contributed by atoms with van der Waals surface area (Å²) in [6, 6.07) is 6.14. The van der Waals surface area contributed by atoms with Gasteiger partial charge in [0.1, 0.15) is 0 Å². The summed E-state index contributed by atoms with van der Waals surface area (Å²) in [5.41, 5.74) is 1.60. The summed E-state index contributed by atoms with van der Waals surface area (Å²) in [5.74, 6) is -0.497. The first-order valence-electron chi connectivity index (χ1n) is 7.10. The number of sulfonamides is 1. The lowest BCUT2D eigenvalue weighted by Crippen LogP contribution is -2.30. The highest BCUT2D eigenvalue weighted by Gasteiger charge is 2.25. The first-order chi connectivity index (χ1) is 10.9. The average molecular weight is 337 g/mol. The van der Waals surface area contributed by atoms with E-state index in [2.05, 4.69) is 4.74 Å². The number of nitrogens with zero attached hydrogens (tertiary/aromatic N) is 1.